The van der Waals surface area contributed by atoms with Crippen LogP contribution in [0.2, 0.25) is 0 Å². The van der Waals surface area contributed by atoms with Crippen LogP contribution in [0.15, 0.2) is 42.6 Å². The van der Waals surface area contributed by atoms with Crippen molar-refractivity contribution in [1.82, 2.24) is 4.90 Å². The maximum Gasteiger partial charge on any atom is 0.411 e. The highest BCUT2D eigenvalue weighted by Gasteiger charge is 2.27. The van der Waals surface area contributed by atoms with Gasteiger partial charge in [0, 0.05) is 12.6 Å². The van der Waals surface area contributed by atoms with E-state index in [4.69, 9.17) is 5.11 Å². The van der Waals surface area contributed by atoms with Crippen molar-refractivity contribution in [2.45, 2.75) is 12.5 Å². The Balaban J connectivity index is 2.34. The molecule has 16 heavy (non-hydrogen) atoms. The molecule has 0 saturated carbocycles. The van der Waals surface area contributed by atoms with E-state index in [0.717, 1.165) is 10.5 Å². The van der Waals surface area contributed by atoms with Crippen LogP contribution in [-0.2, 0) is 4.79 Å². The molecule has 0 bridgehead atoms. The first-order chi connectivity index (χ1) is 7.68. The number of amides is 1. The van der Waals surface area contributed by atoms with Crippen molar-refractivity contribution in [3.05, 3.63) is 48.2 Å². The summed E-state index contributed by atoms with van der Waals surface area (Å²) < 4.78 is 0. The molecule has 2 rings (SSSR count). The van der Waals surface area contributed by atoms with E-state index in [2.05, 4.69) is 0 Å². The third-order valence-corrected chi connectivity index (χ3v) is 2.56. The molecule has 0 radical (unpaired) electrons. The van der Waals surface area contributed by atoms with Crippen molar-refractivity contribution in [3.63, 3.8) is 0 Å². The van der Waals surface area contributed by atoms with Gasteiger partial charge in [0.2, 0.25) is 0 Å². The minimum Gasteiger partial charge on any atom is -0.465 e. The Morgan fingerprint density at radius 3 is 2.62 bits per heavy atom. The van der Waals surface area contributed by atoms with Crippen LogP contribution < -0.4 is 0 Å². The molecule has 4 heteroatoms. The van der Waals surface area contributed by atoms with Gasteiger partial charge in [0.15, 0.2) is 5.78 Å². The third-order valence-electron chi connectivity index (χ3n) is 2.56. The van der Waals surface area contributed by atoms with E-state index < -0.39 is 12.1 Å². The largest absolute Gasteiger partial charge is 0.465 e. The number of allylic oxidation sites excluding steroid dienone is 1. The summed E-state index contributed by atoms with van der Waals surface area (Å²) in [6.07, 6.45) is 1.78. The summed E-state index contributed by atoms with van der Waals surface area (Å²) in [4.78, 5) is 23.5. The molecule has 0 fully saturated rings. The van der Waals surface area contributed by atoms with Crippen LogP contribution in [0.25, 0.3) is 0 Å². The van der Waals surface area contributed by atoms with Crippen molar-refractivity contribution >= 4 is 11.9 Å². The van der Waals surface area contributed by atoms with Gasteiger partial charge in [0.05, 0.1) is 6.04 Å². The third kappa shape index (κ3) is 1.95. The normalized spacial score (nSPS) is 19.9. The van der Waals surface area contributed by atoms with Gasteiger partial charge in [0.25, 0.3) is 0 Å². The highest BCUT2D eigenvalue weighted by molar-refractivity contribution is 5.92. The summed E-state index contributed by atoms with van der Waals surface area (Å²) in [5.74, 6) is -0.0497. The van der Waals surface area contributed by atoms with Crippen molar-refractivity contribution in [3.8, 4) is 0 Å². The molecule has 1 atom stereocenters. The first-order valence-electron chi connectivity index (χ1n) is 4.96. The second-order valence-corrected chi connectivity index (χ2v) is 3.60. The first kappa shape index (κ1) is 10.4. The highest BCUT2D eigenvalue weighted by Crippen LogP contribution is 2.28. The number of hydrogen-bond donors (Lipinski definition) is 1. The van der Waals surface area contributed by atoms with Crippen LogP contribution in [0, 0.1) is 0 Å². The van der Waals surface area contributed by atoms with Gasteiger partial charge in [-0.2, -0.15) is 0 Å². The smallest absolute Gasteiger partial charge is 0.411 e. The minimum atomic E-state index is -1.04. The van der Waals surface area contributed by atoms with Gasteiger partial charge in [-0.3, -0.25) is 9.69 Å². The molecule has 1 aromatic rings. The average Bonchev–Trinajstić information content (AvgIpc) is 2.29. The summed E-state index contributed by atoms with van der Waals surface area (Å²) in [6.45, 7) is 0. The summed E-state index contributed by atoms with van der Waals surface area (Å²) in [6, 6.07) is 8.77. The predicted octanol–water partition coefficient (Wildman–Crippen LogP) is 2.19. The molecule has 1 unspecified atom stereocenters. The molecule has 0 aromatic heterocycles. The quantitative estimate of drug-likeness (QED) is 0.784. The van der Waals surface area contributed by atoms with Gasteiger partial charge in [-0.05, 0) is 11.6 Å². The highest BCUT2D eigenvalue weighted by atomic mass is 16.4. The number of rotatable bonds is 1. The molecule has 0 spiro atoms. The molecule has 82 valence electrons. The fourth-order valence-corrected chi connectivity index (χ4v) is 1.77. The summed E-state index contributed by atoms with van der Waals surface area (Å²) in [7, 11) is 0. The molecule has 0 aliphatic carbocycles. The van der Waals surface area contributed by atoms with E-state index in [9.17, 15) is 9.59 Å². The van der Waals surface area contributed by atoms with E-state index in [1.807, 2.05) is 30.3 Å². The fraction of sp³-hybridized carbons (Fsp3) is 0.167. The fourth-order valence-electron chi connectivity index (χ4n) is 1.77. The molecule has 1 N–H and O–H groups in total. The molecule has 1 heterocycles. The van der Waals surface area contributed by atoms with Crippen LogP contribution in [-0.4, -0.2) is 21.9 Å². The Morgan fingerprint density at radius 2 is 2.00 bits per heavy atom. The second kappa shape index (κ2) is 4.18. The van der Waals surface area contributed by atoms with Crippen LogP contribution in [0.4, 0.5) is 4.79 Å². The lowest BCUT2D eigenvalue weighted by Gasteiger charge is -2.28. The number of ketones is 1. The van der Waals surface area contributed by atoms with E-state index in [1.165, 1.54) is 12.3 Å². The predicted molar refractivity (Wildman–Crippen MR) is 57.8 cm³/mol. The van der Waals surface area contributed by atoms with E-state index in [1.54, 1.807) is 0 Å². The molecule has 1 aromatic carbocycles. The number of carbonyl (C=O) groups excluding carboxylic acids is 1. The van der Waals surface area contributed by atoms with Crippen LogP contribution in [0.3, 0.4) is 0 Å². The van der Waals surface area contributed by atoms with E-state index >= 15 is 0 Å². The SMILES string of the molecule is O=C1C=CN(C(=O)O)C(c2ccccc2)C1. The Labute approximate surface area is 92.8 Å². The summed E-state index contributed by atoms with van der Waals surface area (Å²) in [5, 5.41) is 9.02. The lowest BCUT2D eigenvalue weighted by atomic mass is 9.98. The molecule has 1 amide bonds. The van der Waals surface area contributed by atoms with Crippen LogP contribution in [0.5, 0.6) is 0 Å². The molecule has 1 aliphatic rings. The Kier molecular flexibility index (Phi) is 2.72. The van der Waals surface area contributed by atoms with Crippen molar-refractivity contribution in [2.75, 3.05) is 0 Å². The van der Waals surface area contributed by atoms with Crippen LogP contribution in [0.1, 0.15) is 18.0 Å². The van der Waals surface area contributed by atoms with Crippen LogP contribution >= 0.6 is 0 Å². The van der Waals surface area contributed by atoms with Crippen molar-refractivity contribution in [2.24, 2.45) is 0 Å². The number of hydrogen-bond acceptors (Lipinski definition) is 2. The zero-order valence-electron chi connectivity index (χ0n) is 8.54. The van der Waals surface area contributed by atoms with Gasteiger partial charge in [0.1, 0.15) is 0 Å². The molecule has 4 nitrogen and oxygen atoms in total. The van der Waals surface area contributed by atoms with E-state index in [0.29, 0.717) is 0 Å². The van der Waals surface area contributed by atoms with Gasteiger partial charge in [-0.25, -0.2) is 4.79 Å². The molecule has 0 saturated heterocycles. The topological polar surface area (TPSA) is 57.6 Å². The second-order valence-electron chi connectivity index (χ2n) is 3.60. The summed E-state index contributed by atoms with van der Waals surface area (Å²) >= 11 is 0. The maximum atomic E-state index is 11.3. The Bertz CT molecular complexity index is 439. The van der Waals surface area contributed by atoms with Gasteiger partial charge >= 0.3 is 6.09 Å². The Hall–Kier alpha value is -2.10. The average molecular weight is 217 g/mol. The maximum absolute atomic E-state index is 11.3. The Morgan fingerprint density at radius 1 is 1.31 bits per heavy atom. The van der Waals surface area contributed by atoms with Gasteiger partial charge in [-0.1, -0.05) is 30.3 Å². The minimum absolute atomic E-state index is 0.0497. The summed E-state index contributed by atoms with van der Waals surface area (Å²) in [5.41, 5.74) is 0.836. The van der Waals surface area contributed by atoms with Crippen molar-refractivity contribution < 1.29 is 14.7 Å². The zero-order valence-corrected chi connectivity index (χ0v) is 8.54. The number of carboxylic acid groups (broad SMARTS) is 1. The zero-order chi connectivity index (χ0) is 11.5. The van der Waals surface area contributed by atoms with E-state index in [-0.39, 0.29) is 12.2 Å². The molecular formula is C12H11NO3. The van der Waals surface area contributed by atoms with Crippen molar-refractivity contribution in [1.29, 1.82) is 0 Å². The molecular weight excluding hydrogens is 206 g/mol. The lowest BCUT2D eigenvalue weighted by molar-refractivity contribution is -0.116. The lowest BCUT2D eigenvalue weighted by Crippen LogP contribution is -2.33. The number of benzene rings is 1. The van der Waals surface area contributed by atoms with Gasteiger partial charge < -0.3 is 5.11 Å². The first-order valence-corrected chi connectivity index (χ1v) is 4.96. The number of carbonyl (C=O) groups is 2. The number of nitrogens with zero attached hydrogens (tertiary/aromatic N) is 1. The standard InChI is InChI=1S/C12H11NO3/c14-10-6-7-13(12(15)16)11(8-10)9-4-2-1-3-5-9/h1-7,11H,8H2,(H,15,16). The van der Waals surface area contributed by atoms with Gasteiger partial charge in [-0.15, -0.1) is 0 Å². The monoisotopic (exact) mass is 217 g/mol. The molecule has 1 aliphatic heterocycles.